The Kier molecular flexibility index (Phi) is 4.07. The van der Waals surface area contributed by atoms with Crippen LogP contribution in [0, 0.1) is 0 Å². The van der Waals surface area contributed by atoms with Crippen LogP contribution in [-0.4, -0.2) is 18.5 Å². The van der Waals surface area contributed by atoms with Crippen LogP contribution in [0.5, 0.6) is 0 Å². The highest BCUT2D eigenvalue weighted by Crippen LogP contribution is 2.20. The van der Waals surface area contributed by atoms with Gasteiger partial charge < -0.3 is 5.11 Å². The number of sulfonamides is 1. The average molecular weight is 284 g/mol. The first-order chi connectivity index (χ1) is 8.62. The molecule has 0 aliphatic carbocycles. The van der Waals surface area contributed by atoms with Gasteiger partial charge in [-0.2, -0.15) is 0 Å². The smallest absolute Gasteiger partial charge is 0.250 e. The van der Waals surface area contributed by atoms with Crippen molar-refractivity contribution in [1.82, 2.24) is 9.71 Å². The third-order valence-corrected chi connectivity index (χ3v) is 5.18. The van der Waals surface area contributed by atoms with Crippen LogP contribution in [0.2, 0.25) is 0 Å². The maximum atomic E-state index is 11.9. The van der Waals surface area contributed by atoms with Crippen LogP contribution in [-0.2, 0) is 23.2 Å². The Hall–Kier alpha value is -1.28. The van der Waals surface area contributed by atoms with Crippen molar-refractivity contribution in [1.29, 1.82) is 0 Å². The normalized spacial score (nSPS) is 11.6. The Bertz CT molecular complexity index is 608. The quantitative estimate of drug-likeness (QED) is 0.862. The van der Waals surface area contributed by atoms with Crippen LogP contribution in [0.15, 0.2) is 40.2 Å². The number of thiophene rings is 1. The van der Waals surface area contributed by atoms with Crippen LogP contribution in [0.25, 0.3) is 0 Å². The van der Waals surface area contributed by atoms with Crippen molar-refractivity contribution < 1.29 is 13.5 Å². The van der Waals surface area contributed by atoms with Gasteiger partial charge in [-0.05, 0) is 34.7 Å². The number of aliphatic hydroxyl groups excluding tert-OH is 1. The summed E-state index contributed by atoms with van der Waals surface area (Å²) in [4.78, 5) is 3.86. The molecule has 2 aromatic heterocycles. The van der Waals surface area contributed by atoms with E-state index in [-0.39, 0.29) is 17.4 Å². The summed E-state index contributed by atoms with van der Waals surface area (Å²) in [5.41, 5.74) is 1.44. The van der Waals surface area contributed by atoms with Gasteiger partial charge in [0.25, 0.3) is 0 Å². The zero-order chi connectivity index (χ0) is 13.0. The van der Waals surface area contributed by atoms with Crippen molar-refractivity contribution >= 4 is 21.4 Å². The van der Waals surface area contributed by atoms with E-state index in [2.05, 4.69) is 9.71 Å². The fourth-order valence-corrected chi connectivity index (χ4v) is 3.59. The second-order valence-electron chi connectivity index (χ2n) is 3.61. The molecule has 7 heteroatoms. The molecule has 0 amide bonds. The highest BCUT2D eigenvalue weighted by molar-refractivity contribution is 7.91. The average Bonchev–Trinajstić information content (AvgIpc) is 2.87. The first-order valence-electron chi connectivity index (χ1n) is 5.18. The van der Waals surface area contributed by atoms with Gasteiger partial charge in [0, 0.05) is 18.9 Å². The highest BCUT2D eigenvalue weighted by Gasteiger charge is 2.16. The van der Waals surface area contributed by atoms with E-state index in [1.165, 1.54) is 6.07 Å². The lowest BCUT2D eigenvalue weighted by Crippen LogP contribution is -2.22. The molecule has 0 saturated heterocycles. The molecule has 2 rings (SSSR count). The van der Waals surface area contributed by atoms with Crippen LogP contribution in [0.4, 0.5) is 0 Å². The lowest BCUT2D eigenvalue weighted by molar-refractivity contribution is 0.282. The van der Waals surface area contributed by atoms with Crippen molar-refractivity contribution in [3.8, 4) is 0 Å². The molecule has 0 aromatic carbocycles. The summed E-state index contributed by atoms with van der Waals surface area (Å²) in [6.07, 6.45) is 3.22. The third kappa shape index (κ3) is 3.14. The fraction of sp³-hybridized carbons (Fsp3) is 0.182. The first kappa shape index (κ1) is 13.2. The van der Waals surface area contributed by atoms with Crippen molar-refractivity contribution in [2.45, 2.75) is 17.4 Å². The summed E-state index contributed by atoms with van der Waals surface area (Å²) >= 11 is 1.09. The van der Waals surface area contributed by atoms with Crippen LogP contribution < -0.4 is 4.72 Å². The fourth-order valence-electron chi connectivity index (χ4n) is 1.33. The maximum Gasteiger partial charge on any atom is 0.250 e. The van der Waals surface area contributed by atoms with E-state index >= 15 is 0 Å². The highest BCUT2D eigenvalue weighted by atomic mass is 32.2. The van der Waals surface area contributed by atoms with Crippen molar-refractivity contribution in [2.75, 3.05) is 0 Å². The summed E-state index contributed by atoms with van der Waals surface area (Å²) in [7, 11) is -3.51. The minimum Gasteiger partial charge on any atom is -0.392 e. The van der Waals surface area contributed by atoms with Crippen LogP contribution >= 0.6 is 11.3 Å². The van der Waals surface area contributed by atoms with Gasteiger partial charge >= 0.3 is 0 Å². The summed E-state index contributed by atoms with van der Waals surface area (Å²) in [6.45, 7) is 0.0631. The van der Waals surface area contributed by atoms with Gasteiger partial charge in [0.1, 0.15) is 4.21 Å². The van der Waals surface area contributed by atoms with Gasteiger partial charge in [-0.3, -0.25) is 4.98 Å². The number of pyridine rings is 1. The summed E-state index contributed by atoms with van der Waals surface area (Å²) in [5.74, 6) is 0. The topological polar surface area (TPSA) is 79.3 Å². The standard InChI is InChI=1S/C11H12N2O3S2/c14-7-10-5-11(17-8-10)18(15,16)13-6-9-1-3-12-4-2-9/h1-5,8,13-14H,6-7H2. The first-order valence-corrected chi connectivity index (χ1v) is 7.55. The number of hydrogen-bond acceptors (Lipinski definition) is 5. The Labute approximate surface area is 109 Å². The van der Waals surface area contributed by atoms with Gasteiger partial charge in [-0.15, -0.1) is 11.3 Å². The Morgan fingerprint density at radius 3 is 2.61 bits per heavy atom. The van der Waals surface area contributed by atoms with Gasteiger partial charge in [0.05, 0.1) is 6.61 Å². The predicted octanol–water partition coefficient (Wildman–Crippen LogP) is 1.11. The van der Waals surface area contributed by atoms with E-state index in [4.69, 9.17) is 5.11 Å². The molecule has 2 aromatic rings. The lowest BCUT2D eigenvalue weighted by Gasteiger charge is -2.04. The van der Waals surface area contributed by atoms with E-state index in [0.717, 1.165) is 16.9 Å². The molecular formula is C11H12N2O3S2. The number of aromatic nitrogens is 1. The Morgan fingerprint density at radius 2 is 2.00 bits per heavy atom. The molecule has 0 radical (unpaired) electrons. The number of aliphatic hydroxyl groups is 1. The molecule has 2 heterocycles. The van der Waals surface area contributed by atoms with E-state index in [0.29, 0.717) is 5.56 Å². The monoisotopic (exact) mass is 284 g/mol. The lowest BCUT2D eigenvalue weighted by atomic mass is 10.3. The number of nitrogens with zero attached hydrogens (tertiary/aromatic N) is 1. The molecule has 0 atom stereocenters. The number of rotatable bonds is 5. The predicted molar refractivity (Wildman–Crippen MR) is 68.5 cm³/mol. The van der Waals surface area contributed by atoms with Crippen molar-refractivity contribution in [3.63, 3.8) is 0 Å². The van der Waals surface area contributed by atoms with Gasteiger partial charge in [-0.25, -0.2) is 13.1 Å². The van der Waals surface area contributed by atoms with Gasteiger partial charge in [0.2, 0.25) is 10.0 Å². The summed E-state index contributed by atoms with van der Waals surface area (Å²) in [6, 6.07) is 4.96. The molecule has 5 nitrogen and oxygen atoms in total. The molecule has 0 unspecified atom stereocenters. The Balaban J connectivity index is 2.08. The van der Waals surface area contributed by atoms with Crippen molar-refractivity contribution in [3.05, 3.63) is 47.1 Å². The van der Waals surface area contributed by atoms with E-state index in [9.17, 15) is 8.42 Å². The van der Waals surface area contributed by atoms with E-state index in [1.807, 2.05) is 0 Å². The molecule has 0 spiro atoms. The SMILES string of the molecule is O=S(=O)(NCc1ccncc1)c1cc(CO)cs1. The molecule has 0 aliphatic heterocycles. The van der Waals surface area contributed by atoms with E-state index < -0.39 is 10.0 Å². The second-order valence-corrected chi connectivity index (χ2v) is 6.52. The largest absolute Gasteiger partial charge is 0.392 e. The summed E-state index contributed by atoms with van der Waals surface area (Å²) < 4.78 is 26.6. The van der Waals surface area contributed by atoms with Crippen LogP contribution in [0.1, 0.15) is 11.1 Å². The molecular weight excluding hydrogens is 272 g/mol. The molecule has 0 aliphatic rings. The Morgan fingerprint density at radius 1 is 1.28 bits per heavy atom. The molecule has 2 N–H and O–H groups in total. The zero-order valence-corrected chi connectivity index (χ0v) is 11.0. The number of nitrogens with one attached hydrogen (secondary N) is 1. The third-order valence-electron chi connectivity index (χ3n) is 2.29. The molecule has 0 bridgehead atoms. The van der Waals surface area contributed by atoms with E-state index in [1.54, 1.807) is 29.9 Å². The molecule has 96 valence electrons. The second kappa shape index (κ2) is 5.57. The minimum atomic E-state index is -3.51. The number of hydrogen-bond donors (Lipinski definition) is 2. The van der Waals surface area contributed by atoms with Crippen LogP contribution in [0.3, 0.4) is 0 Å². The van der Waals surface area contributed by atoms with Gasteiger partial charge in [-0.1, -0.05) is 0 Å². The maximum absolute atomic E-state index is 11.9. The molecule has 0 fully saturated rings. The molecule has 0 saturated carbocycles. The molecule has 18 heavy (non-hydrogen) atoms. The van der Waals surface area contributed by atoms with Gasteiger partial charge in [0.15, 0.2) is 0 Å². The van der Waals surface area contributed by atoms with Crippen molar-refractivity contribution in [2.24, 2.45) is 0 Å². The minimum absolute atomic E-state index is 0.156. The summed E-state index contributed by atoms with van der Waals surface area (Å²) in [5, 5.41) is 10.5. The zero-order valence-electron chi connectivity index (χ0n) is 9.41.